The standard InChI is InChI=1S/C21H19NO4S/c23-21(22-10-11-24-16-4-2-1-3-5-16)20-9-8-19(27-20)15-6-7-17-18(14-15)26-13-12-25-17/h1-9,14H,10-13H2,(H,22,23). The van der Waals surface area contributed by atoms with E-state index in [1.165, 1.54) is 11.3 Å². The van der Waals surface area contributed by atoms with E-state index in [-0.39, 0.29) is 5.91 Å². The van der Waals surface area contributed by atoms with Crippen molar-refractivity contribution in [1.82, 2.24) is 5.32 Å². The third-order valence-electron chi connectivity index (χ3n) is 4.06. The van der Waals surface area contributed by atoms with Crippen LogP contribution < -0.4 is 19.5 Å². The van der Waals surface area contributed by atoms with Gasteiger partial charge in [0.1, 0.15) is 25.6 Å². The summed E-state index contributed by atoms with van der Waals surface area (Å²) in [4.78, 5) is 14.0. The quantitative estimate of drug-likeness (QED) is 0.656. The van der Waals surface area contributed by atoms with Gasteiger partial charge in [-0.05, 0) is 48.0 Å². The van der Waals surface area contributed by atoms with E-state index in [9.17, 15) is 4.79 Å². The number of para-hydroxylation sites is 1. The van der Waals surface area contributed by atoms with Gasteiger partial charge in [-0.15, -0.1) is 11.3 Å². The normalized spacial score (nSPS) is 12.4. The Balaban J connectivity index is 1.34. The van der Waals surface area contributed by atoms with Crippen LogP contribution >= 0.6 is 11.3 Å². The highest BCUT2D eigenvalue weighted by Gasteiger charge is 2.15. The summed E-state index contributed by atoms with van der Waals surface area (Å²) in [6, 6.07) is 19.2. The van der Waals surface area contributed by atoms with E-state index < -0.39 is 0 Å². The number of carbonyl (C=O) groups is 1. The van der Waals surface area contributed by atoms with Gasteiger partial charge >= 0.3 is 0 Å². The lowest BCUT2D eigenvalue weighted by atomic mass is 10.1. The molecule has 1 aliphatic rings. The summed E-state index contributed by atoms with van der Waals surface area (Å²) in [5.74, 6) is 2.21. The molecule has 1 amide bonds. The van der Waals surface area contributed by atoms with Crippen molar-refractivity contribution in [3.8, 4) is 27.7 Å². The molecule has 0 aliphatic carbocycles. The van der Waals surface area contributed by atoms with E-state index in [1.807, 2.05) is 60.7 Å². The Morgan fingerprint density at radius 3 is 2.67 bits per heavy atom. The molecule has 2 aromatic carbocycles. The molecule has 0 atom stereocenters. The zero-order chi connectivity index (χ0) is 18.5. The van der Waals surface area contributed by atoms with Crippen molar-refractivity contribution in [2.75, 3.05) is 26.4 Å². The van der Waals surface area contributed by atoms with Crippen molar-refractivity contribution < 1.29 is 19.0 Å². The van der Waals surface area contributed by atoms with E-state index in [0.717, 1.165) is 27.7 Å². The number of rotatable bonds is 6. The van der Waals surface area contributed by atoms with Gasteiger partial charge in [0.2, 0.25) is 0 Å². The number of hydrogen-bond donors (Lipinski definition) is 1. The highest BCUT2D eigenvalue weighted by Crippen LogP contribution is 2.36. The second-order valence-corrected chi connectivity index (χ2v) is 7.02. The predicted molar refractivity (Wildman–Crippen MR) is 105 cm³/mol. The SMILES string of the molecule is O=C(NCCOc1ccccc1)c1ccc(-c2ccc3c(c2)OCCO3)s1. The van der Waals surface area contributed by atoms with Crippen molar-refractivity contribution in [2.24, 2.45) is 0 Å². The Hall–Kier alpha value is -2.99. The minimum absolute atomic E-state index is 0.0968. The third kappa shape index (κ3) is 4.23. The second kappa shape index (κ2) is 8.14. The molecule has 1 aliphatic heterocycles. The number of benzene rings is 2. The molecule has 0 spiro atoms. The summed E-state index contributed by atoms with van der Waals surface area (Å²) in [5.41, 5.74) is 1.01. The van der Waals surface area contributed by atoms with Crippen molar-refractivity contribution >= 4 is 17.2 Å². The van der Waals surface area contributed by atoms with Gasteiger partial charge in [0.15, 0.2) is 11.5 Å². The van der Waals surface area contributed by atoms with Crippen LogP contribution in [0.25, 0.3) is 10.4 Å². The average molecular weight is 381 g/mol. The molecule has 138 valence electrons. The largest absolute Gasteiger partial charge is 0.492 e. The van der Waals surface area contributed by atoms with Crippen LogP contribution in [-0.4, -0.2) is 32.3 Å². The van der Waals surface area contributed by atoms with E-state index in [2.05, 4.69) is 5.32 Å². The molecular formula is C21H19NO4S. The lowest BCUT2D eigenvalue weighted by Crippen LogP contribution is -2.27. The van der Waals surface area contributed by atoms with E-state index >= 15 is 0 Å². The fourth-order valence-corrected chi connectivity index (χ4v) is 3.67. The first kappa shape index (κ1) is 17.4. The lowest BCUT2D eigenvalue weighted by Gasteiger charge is -2.18. The lowest BCUT2D eigenvalue weighted by molar-refractivity contribution is 0.0951. The van der Waals surface area contributed by atoms with Crippen LogP contribution in [0.5, 0.6) is 17.2 Å². The molecule has 5 nitrogen and oxygen atoms in total. The maximum atomic E-state index is 12.3. The fraction of sp³-hybridized carbons (Fsp3) is 0.190. The maximum Gasteiger partial charge on any atom is 0.261 e. The molecule has 27 heavy (non-hydrogen) atoms. The molecule has 6 heteroatoms. The highest BCUT2D eigenvalue weighted by atomic mass is 32.1. The van der Waals surface area contributed by atoms with Crippen LogP contribution in [0.2, 0.25) is 0 Å². The number of amides is 1. The third-order valence-corrected chi connectivity index (χ3v) is 5.19. The molecule has 4 rings (SSSR count). The van der Waals surface area contributed by atoms with Crippen LogP contribution in [0.3, 0.4) is 0 Å². The van der Waals surface area contributed by atoms with Crippen molar-refractivity contribution in [3.63, 3.8) is 0 Å². The Morgan fingerprint density at radius 1 is 1.00 bits per heavy atom. The minimum Gasteiger partial charge on any atom is -0.492 e. The Bertz CT molecular complexity index is 923. The maximum absolute atomic E-state index is 12.3. The molecule has 1 N–H and O–H groups in total. The van der Waals surface area contributed by atoms with Crippen LogP contribution in [0, 0.1) is 0 Å². The minimum atomic E-state index is -0.0968. The molecule has 1 aromatic heterocycles. The zero-order valence-electron chi connectivity index (χ0n) is 14.6. The first-order chi connectivity index (χ1) is 13.3. The molecule has 0 saturated heterocycles. The number of nitrogens with one attached hydrogen (secondary N) is 1. The molecule has 3 aromatic rings. The zero-order valence-corrected chi connectivity index (χ0v) is 15.5. The molecule has 0 fully saturated rings. The van der Waals surface area contributed by atoms with Crippen molar-refractivity contribution in [2.45, 2.75) is 0 Å². The van der Waals surface area contributed by atoms with Crippen molar-refractivity contribution in [1.29, 1.82) is 0 Å². The van der Waals surface area contributed by atoms with Crippen LogP contribution in [-0.2, 0) is 0 Å². The van der Waals surface area contributed by atoms with Gasteiger partial charge in [0.25, 0.3) is 5.91 Å². The highest BCUT2D eigenvalue weighted by molar-refractivity contribution is 7.17. The molecule has 0 bridgehead atoms. The summed E-state index contributed by atoms with van der Waals surface area (Å²) in [7, 11) is 0. The molecule has 0 unspecified atom stereocenters. The molecule has 2 heterocycles. The topological polar surface area (TPSA) is 56.8 Å². The van der Waals surface area contributed by atoms with Gasteiger partial charge in [-0.2, -0.15) is 0 Å². The van der Waals surface area contributed by atoms with Crippen LogP contribution in [0.4, 0.5) is 0 Å². The van der Waals surface area contributed by atoms with Crippen molar-refractivity contribution in [3.05, 3.63) is 65.5 Å². The van der Waals surface area contributed by atoms with Gasteiger partial charge in [-0.25, -0.2) is 0 Å². The van der Waals surface area contributed by atoms with Crippen LogP contribution in [0.15, 0.2) is 60.7 Å². The Labute approximate surface area is 161 Å². The first-order valence-corrected chi connectivity index (χ1v) is 9.57. The summed E-state index contributed by atoms with van der Waals surface area (Å²) >= 11 is 1.45. The number of ether oxygens (including phenoxy) is 3. The summed E-state index contributed by atoms with van der Waals surface area (Å²) < 4.78 is 16.8. The molecule has 0 radical (unpaired) electrons. The van der Waals surface area contributed by atoms with Gasteiger partial charge in [-0.3, -0.25) is 4.79 Å². The monoisotopic (exact) mass is 381 g/mol. The fourth-order valence-electron chi connectivity index (χ4n) is 2.75. The Kier molecular flexibility index (Phi) is 5.25. The molecule has 0 saturated carbocycles. The number of thiophene rings is 1. The van der Waals surface area contributed by atoms with E-state index in [0.29, 0.717) is 31.2 Å². The van der Waals surface area contributed by atoms with E-state index in [1.54, 1.807) is 0 Å². The van der Waals surface area contributed by atoms with Crippen LogP contribution in [0.1, 0.15) is 9.67 Å². The van der Waals surface area contributed by atoms with E-state index in [4.69, 9.17) is 14.2 Å². The van der Waals surface area contributed by atoms with Gasteiger partial charge in [0, 0.05) is 4.88 Å². The average Bonchev–Trinajstić information content (AvgIpc) is 3.22. The number of hydrogen-bond acceptors (Lipinski definition) is 5. The number of carbonyl (C=O) groups excluding carboxylic acids is 1. The smallest absolute Gasteiger partial charge is 0.261 e. The Morgan fingerprint density at radius 2 is 1.81 bits per heavy atom. The second-order valence-electron chi connectivity index (χ2n) is 5.94. The van der Waals surface area contributed by atoms with Gasteiger partial charge in [0.05, 0.1) is 11.4 Å². The van der Waals surface area contributed by atoms with Gasteiger partial charge in [-0.1, -0.05) is 18.2 Å². The summed E-state index contributed by atoms with van der Waals surface area (Å²) in [5, 5.41) is 2.89. The molecular weight excluding hydrogens is 362 g/mol. The summed E-state index contributed by atoms with van der Waals surface area (Å²) in [6.45, 7) is 2.00. The summed E-state index contributed by atoms with van der Waals surface area (Å²) in [6.07, 6.45) is 0. The number of fused-ring (bicyclic) bond motifs is 1. The predicted octanol–water partition coefficient (Wildman–Crippen LogP) is 4.00. The first-order valence-electron chi connectivity index (χ1n) is 8.75. The van der Waals surface area contributed by atoms with Gasteiger partial charge < -0.3 is 19.5 Å².